The molecule has 2 aromatic carbocycles. The van der Waals surface area contributed by atoms with Gasteiger partial charge in [0, 0.05) is 5.02 Å². The first-order valence-electron chi connectivity index (χ1n) is 8.32. The van der Waals surface area contributed by atoms with Gasteiger partial charge < -0.3 is 5.32 Å². The van der Waals surface area contributed by atoms with Crippen LogP contribution in [-0.4, -0.2) is 15.5 Å². The number of aromatic amines is 1. The van der Waals surface area contributed by atoms with Crippen molar-refractivity contribution in [3.63, 3.8) is 0 Å². The average Bonchev–Trinajstić information content (AvgIpc) is 3.00. The van der Waals surface area contributed by atoms with Gasteiger partial charge in [-0.2, -0.15) is 0 Å². The van der Waals surface area contributed by atoms with E-state index in [1.165, 1.54) is 4.57 Å². The fraction of sp³-hybridized carbons (Fsp3) is 0.211. The van der Waals surface area contributed by atoms with Crippen molar-refractivity contribution >= 4 is 28.4 Å². The second-order valence-electron chi connectivity index (χ2n) is 6.36. The maximum Gasteiger partial charge on any atom is 0.329 e. The van der Waals surface area contributed by atoms with Gasteiger partial charge in [0.05, 0.1) is 16.9 Å². The lowest BCUT2D eigenvalue weighted by Gasteiger charge is -2.15. The molecule has 1 aliphatic carbocycles. The molecule has 0 saturated heterocycles. The molecule has 132 valence electrons. The van der Waals surface area contributed by atoms with Crippen molar-refractivity contribution in [2.45, 2.75) is 25.4 Å². The Morgan fingerprint density at radius 2 is 2.04 bits per heavy atom. The summed E-state index contributed by atoms with van der Waals surface area (Å²) in [7, 11) is 0. The summed E-state index contributed by atoms with van der Waals surface area (Å²) in [4.78, 5) is 38.9. The van der Waals surface area contributed by atoms with Gasteiger partial charge in [0.2, 0.25) is 5.91 Å². The topological polar surface area (TPSA) is 84.0 Å². The fourth-order valence-corrected chi connectivity index (χ4v) is 3.71. The van der Waals surface area contributed by atoms with Crippen LogP contribution in [0.3, 0.4) is 0 Å². The highest BCUT2D eigenvalue weighted by Gasteiger charge is 2.24. The van der Waals surface area contributed by atoms with Crippen LogP contribution in [0.15, 0.2) is 52.1 Å². The van der Waals surface area contributed by atoms with E-state index in [1.807, 2.05) is 18.2 Å². The van der Waals surface area contributed by atoms with E-state index in [0.29, 0.717) is 15.9 Å². The molecule has 7 heteroatoms. The highest BCUT2D eigenvalue weighted by atomic mass is 35.5. The number of aryl methyl sites for hydroxylation is 1. The molecule has 26 heavy (non-hydrogen) atoms. The number of hydrogen-bond acceptors (Lipinski definition) is 3. The van der Waals surface area contributed by atoms with Crippen molar-refractivity contribution in [1.82, 2.24) is 14.9 Å². The Morgan fingerprint density at radius 1 is 1.23 bits per heavy atom. The third-order valence-corrected chi connectivity index (χ3v) is 4.96. The molecule has 0 saturated carbocycles. The van der Waals surface area contributed by atoms with Crippen LogP contribution >= 0.6 is 11.6 Å². The standard InChI is InChI=1S/C19H16ClN3O3/c20-12-6-7-13-11(9-12)5-8-15(13)21-17(24)10-23-16-4-2-1-3-14(16)18(25)22-19(23)26/h1-4,6-7,9,15H,5,8,10H2,(H,21,24)(H,22,25,26). The quantitative estimate of drug-likeness (QED) is 0.742. The zero-order valence-electron chi connectivity index (χ0n) is 13.8. The maximum atomic E-state index is 12.5. The number of nitrogens with one attached hydrogen (secondary N) is 2. The average molecular weight is 370 g/mol. The van der Waals surface area contributed by atoms with Crippen molar-refractivity contribution in [2.75, 3.05) is 0 Å². The second-order valence-corrected chi connectivity index (χ2v) is 6.80. The van der Waals surface area contributed by atoms with Crippen molar-refractivity contribution in [2.24, 2.45) is 0 Å². The number of rotatable bonds is 3. The van der Waals surface area contributed by atoms with Crippen LogP contribution in [0, 0.1) is 0 Å². The van der Waals surface area contributed by atoms with Crippen molar-refractivity contribution < 1.29 is 4.79 Å². The number of amides is 1. The number of halogens is 1. The predicted octanol–water partition coefficient (Wildman–Crippen LogP) is 2.15. The number of hydrogen-bond donors (Lipinski definition) is 2. The molecule has 4 rings (SSSR count). The first kappa shape index (κ1) is 16.6. The number of nitrogens with zero attached hydrogens (tertiary/aromatic N) is 1. The number of H-pyrrole nitrogens is 1. The van der Waals surface area contributed by atoms with Gasteiger partial charge in [0.25, 0.3) is 5.56 Å². The Bertz CT molecular complexity index is 1130. The molecule has 1 aromatic heterocycles. The summed E-state index contributed by atoms with van der Waals surface area (Å²) in [5, 5.41) is 4.03. The van der Waals surface area contributed by atoms with Crippen LogP contribution in [0.25, 0.3) is 10.9 Å². The third-order valence-electron chi connectivity index (χ3n) is 4.72. The van der Waals surface area contributed by atoms with Gasteiger partial charge in [-0.25, -0.2) is 4.79 Å². The molecule has 1 aliphatic rings. The van der Waals surface area contributed by atoms with Crippen LogP contribution in [-0.2, 0) is 17.8 Å². The molecular formula is C19H16ClN3O3. The number of fused-ring (bicyclic) bond motifs is 2. The molecule has 1 amide bonds. The van der Waals surface area contributed by atoms with Gasteiger partial charge in [0.1, 0.15) is 6.54 Å². The van der Waals surface area contributed by atoms with Gasteiger partial charge in [-0.15, -0.1) is 0 Å². The van der Waals surface area contributed by atoms with Gasteiger partial charge in [-0.3, -0.25) is 19.1 Å². The molecule has 3 aromatic rings. The normalized spacial score (nSPS) is 15.8. The van der Waals surface area contributed by atoms with E-state index in [0.717, 1.165) is 24.0 Å². The first-order chi connectivity index (χ1) is 12.5. The van der Waals surface area contributed by atoms with E-state index >= 15 is 0 Å². The summed E-state index contributed by atoms with van der Waals surface area (Å²) in [6.07, 6.45) is 1.64. The summed E-state index contributed by atoms with van der Waals surface area (Å²) in [6, 6.07) is 12.3. The van der Waals surface area contributed by atoms with Gasteiger partial charge in [-0.05, 0) is 48.2 Å². The summed E-state index contributed by atoms with van der Waals surface area (Å²) >= 11 is 6.02. The van der Waals surface area contributed by atoms with E-state index in [1.54, 1.807) is 24.3 Å². The van der Waals surface area contributed by atoms with Crippen LogP contribution in [0.4, 0.5) is 0 Å². The van der Waals surface area contributed by atoms with Gasteiger partial charge >= 0.3 is 5.69 Å². The molecule has 0 aliphatic heterocycles. The van der Waals surface area contributed by atoms with Crippen LogP contribution in [0.1, 0.15) is 23.6 Å². The minimum atomic E-state index is -0.595. The smallest absolute Gasteiger partial charge is 0.329 e. The molecule has 2 N–H and O–H groups in total. The number of para-hydroxylation sites is 1. The van der Waals surface area contributed by atoms with Crippen molar-refractivity contribution in [3.8, 4) is 0 Å². The van der Waals surface area contributed by atoms with Gasteiger partial charge in [0.15, 0.2) is 0 Å². The minimum absolute atomic E-state index is 0.0977. The van der Waals surface area contributed by atoms with Crippen LogP contribution in [0.5, 0.6) is 0 Å². The molecule has 0 bridgehead atoms. The lowest BCUT2D eigenvalue weighted by molar-refractivity contribution is -0.122. The molecule has 1 unspecified atom stereocenters. The Balaban J connectivity index is 1.60. The lowest BCUT2D eigenvalue weighted by Crippen LogP contribution is -2.37. The van der Waals surface area contributed by atoms with Crippen LogP contribution in [0.2, 0.25) is 5.02 Å². The first-order valence-corrected chi connectivity index (χ1v) is 8.70. The second kappa shape index (κ2) is 6.46. The summed E-state index contributed by atoms with van der Waals surface area (Å²) in [5.74, 6) is -0.280. The zero-order valence-corrected chi connectivity index (χ0v) is 14.5. The molecule has 0 fully saturated rings. The number of benzene rings is 2. The van der Waals surface area contributed by atoms with E-state index < -0.39 is 11.2 Å². The predicted molar refractivity (Wildman–Crippen MR) is 99.5 cm³/mol. The van der Waals surface area contributed by atoms with Crippen LogP contribution < -0.4 is 16.6 Å². The lowest BCUT2D eigenvalue weighted by atomic mass is 10.1. The highest BCUT2D eigenvalue weighted by molar-refractivity contribution is 6.30. The van der Waals surface area contributed by atoms with E-state index in [-0.39, 0.29) is 18.5 Å². The van der Waals surface area contributed by atoms with Crippen molar-refractivity contribution in [3.05, 3.63) is 79.5 Å². The Morgan fingerprint density at radius 3 is 2.88 bits per heavy atom. The third kappa shape index (κ3) is 2.93. The largest absolute Gasteiger partial charge is 0.348 e. The monoisotopic (exact) mass is 369 g/mol. The minimum Gasteiger partial charge on any atom is -0.348 e. The van der Waals surface area contributed by atoms with E-state index in [2.05, 4.69) is 10.3 Å². The molecule has 0 spiro atoms. The molecule has 1 atom stereocenters. The molecular weight excluding hydrogens is 354 g/mol. The maximum absolute atomic E-state index is 12.5. The summed E-state index contributed by atoms with van der Waals surface area (Å²) in [6.45, 7) is -0.157. The van der Waals surface area contributed by atoms with E-state index in [4.69, 9.17) is 11.6 Å². The van der Waals surface area contributed by atoms with Crippen molar-refractivity contribution in [1.29, 1.82) is 0 Å². The Hall–Kier alpha value is -2.86. The number of carbonyl (C=O) groups excluding carboxylic acids is 1. The molecule has 0 radical (unpaired) electrons. The number of carbonyl (C=O) groups is 1. The summed E-state index contributed by atoms with van der Waals surface area (Å²) < 4.78 is 1.28. The zero-order chi connectivity index (χ0) is 18.3. The fourth-order valence-electron chi connectivity index (χ4n) is 3.52. The Kier molecular flexibility index (Phi) is 4.12. The molecule has 1 heterocycles. The van der Waals surface area contributed by atoms with E-state index in [9.17, 15) is 14.4 Å². The highest BCUT2D eigenvalue weighted by Crippen LogP contribution is 2.32. The SMILES string of the molecule is O=C(Cn1c(=O)[nH]c(=O)c2ccccc21)NC1CCc2cc(Cl)ccc21. The van der Waals surface area contributed by atoms with Gasteiger partial charge in [-0.1, -0.05) is 29.8 Å². The molecule has 6 nitrogen and oxygen atoms in total. The summed E-state index contributed by atoms with van der Waals surface area (Å²) in [5.41, 5.74) is 1.58. The number of aromatic nitrogens is 2. The Labute approximate surface area is 153 Å².